The summed E-state index contributed by atoms with van der Waals surface area (Å²) in [6.07, 6.45) is 0. The number of hydrazone groups is 1. The molecule has 3 aromatic carbocycles. The number of anilines is 1. The van der Waals surface area contributed by atoms with Gasteiger partial charge in [0.25, 0.3) is 0 Å². The third-order valence-electron chi connectivity index (χ3n) is 4.81. The Morgan fingerprint density at radius 3 is 2.32 bits per heavy atom. The van der Waals surface area contributed by atoms with Gasteiger partial charge in [-0.3, -0.25) is 9.59 Å². The summed E-state index contributed by atoms with van der Waals surface area (Å²) in [5.74, 6) is -0.740. The minimum Gasteiger partial charge on any atom is -0.493 e. The average molecular weight is 500 g/mol. The van der Waals surface area contributed by atoms with Crippen molar-refractivity contribution in [2.24, 2.45) is 5.10 Å². The first-order valence-electron chi connectivity index (χ1n) is 10.2. The van der Waals surface area contributed by atoms with Crippen molar-refractivity contribution in [2.45, 2.75) is 20.5 Å². The van der Waals surface area contributed by atoms with E-state index in [4.69, 9.17) is 32.7 Å². The van der Waals surface area contributed by atoms with Crippen LogP contribution in [-0.4, -0.2) is 24.6 Å². The molecule has 0 aliphatic heterocycles. The van der Waals surface area contributed by atoms with E-state index in [1.807, 2.05) is 31.2 Å². The number of amides is 2. The molecule has 0 bridgehead atoms. The van der Waals surface area contributed by atoms with Crippen LogP contribution in [0, 0.1) is 6.92 Å². The molecule has 0 fully saturated rings. The first kappa shape index (κ1) is 25.1. The van der Waals surface area contributed by atoms with Crippen LogP contribution < -0.4 is 20.2 Å². The van der Waals surface area contributed by atoms with Crippen LogP contribution in [0.1, 0.15) is 23.6 Å². The molecule has 2 N–H and O–H groups in total. The van der Waals surface area contributed by atoms with Crippen molar-refractivity contribution in [1.82, 2.24) is 5.43 Å². The summed E-state index contributed by atoms with van der Waals surface area (Å²) in [4.78, 5) is 24.2. The number of halogens is 2. The van der Waals surface area contributed by atoms with Gasteiger partial charge in [-0.05, 0) is 55.8 Å². The van der Waals surface area contributed by atoms with Gasteiger partial charge in [-0.25, -0.2) is 5.43 Å². The Labute approximate surface area is 207 Å². The quantitative estimate of drug-likeness (QED) is 0.260. The molecule has 0 aliphatic rings. The molecule has 176 valence electrons. The van der Waals surface area contributed by atoms with Crippen LogP contribution in [-0.2, 0) is 16.2 Å². The molecule has 7 nitrogen and oxygen atoms in total. The Bertz CT molecular complexity index is 1230. The standard InChI is InChI=1S/C25H23Cl2N3O4/c1-15-4-6-17(7-5-15)14-34-22-11-8-18(12-23(22)33-3)16(2)29-30-25(32)24(31)28-19-9-10-20(26)21(27)13-19/h4-13H,14H2,1-3H3,(H,28,31)(H,30,32)/b29-16+. The van der Waals surface area contributed by atoms with Crippen LogP contribution >= 0.6 is 23.2 Å². The Morgan fingerprint density at radius 2 is 1.65 bits per heavy atom. The lowest BCUT2D eigenvalue weighted by Crippen LogP contribution is -2.32. The van der Waals surface area contributed by atoms with Crippen molar-refractivity contribution >= 4 is 46.4 Å². The number of carbonyl (C=O) groups excluding carboxylic acids is 2. The van der Waals surface area contributed by atoms with E-state index in [9.17, 15) is 9.59 Å². The summed E-state index contributed by atoms with van der Waals surface area (Å²) in [6.45, 7) is 4.12. The van der Waals surface area contributed by atoms with Crippen molar-refractivity contribution in [3.8, 4) is 11.5 Å². The van der Waals surface area contributed by atoms with E-state index in [0.717, 1.165) is 5.56 Å². The van der Waals surface area contributed by atoms with E-state index >= 15 is 0 Å². The first-order valence-corrected chi connectivity index (χ1v) is 11.0. The predicted octanol–water partition coefficient (Wildman–Crippen LogP) is 5.37. The van der Waals surface area contributed by atoms with E-state index in [2.05, 4.69) is 15.8 Å². The van der Waals surface area contributed by atoms with Gasteiger partial charge < -0.3 is 14.8 Å². The summed E-state index contributed by atoms with van der Waals surface area (Å²) in [5.41, 5.74) is 5.95. The number of nitrogens with one attached hydrogen (secondary N) is 2. The molecule has 0 aromatic heterocycles. The summed E-state index contributed by atoms with van der Waals surface area (Å²) < 4.78 is 11.3. The Balaban J connectivity index is 1.62. The molecule has 0 radical (unpaired) electrons. The molecule has 0 heterocycles. The van der Waals surface area contributed by atoms with E-state index in [-0.39, 0.29) is 5.02 Å². The highest BCUT2D eigenvalue weighted by atomic mass is 35.5. The zero-order valence-electron chi connectivity index (χ0n) is 18.8. The largest absolute Gasteiger partial charge is 0.493 e. The Hall–Kier alpha value is -3.55. The molecule has 0 saturated heterocycles. The Morgan fingerprint density at radius 1 is 0.912 bits per heavy atom. The van der Waals surface area contributed by atoms with Gasteiger partial charge in [0.15, 0.2) is 11.5 Å². The molecule has 2 amide bonds. The molecule has 9 heteroatoms. The first-order chi connectivity index (χ1) is 16.3. The van der Waals surface area contributed by atoms with E-state index in [0.29, 0.717) is 40.1 Å². The molecular weight excluding hydrogens is 477 g/mol. The number of benzene rings is 3. The fourth-order valence-electron chi connectivity index (χ4n) is 2.87. The van der Waals surface area contributed by atoms with Crippen LogP contribution in [0.3, 0.4) is 0 Å². The maximum atomic E-state index is 12.1. The molecule has 0 spiro atoms. The molecule has 34 heavy (non-hydrogen) atoms. The normalized spacial score (nSPS) is 11.0. The summed E-state index contributed by atoms with van der Waals surface area (Å²) in [5, 5.41) is 7.04. The molecule has 0 aliphatic carbocycles. The van der Waals surface area contributed by atoms with Crippen molar-refractivity contribution in [3.05, 3.63) is 87.4 Å². The molecule has 3 aromatic rings. The third kappa shape index (κ3) is 6.73. The smallest absolute Gasteiger partial charge is 0.329 e. The molecule has 3 rings (SSSR count). The van der Waals surface area contributed by atoms with Crippen molar-refractivity contribution in [3.63, 3.8) is 0 Å². The van der Waals surface area contributed by atoms with Crippen LogP contribution in [0.5, 0.6) is 11.5 Å². The fourth-order valence-corrected chi connectivity index (χ4v) is 3.17. The number of rotatable bonds is 7. The van der Waals surface area contributed by atoms with Crippen molar-refractivity contribution in [1.29, 1.82) is 0 Å². The summed E-state index contributed by atoms with van der Waals surface area (Å²) in [7, 11) is 1.54. The topological polar surface area (TPSA) is 89.0 Å². The van der Waals surface area contributed by atoms with Gasteiger partial charge in [0.2, 0.25) is 0 Å². The number of aryl methyl sites for hydroxylation is 1. The van der Waals surface area contributed by atoms with Crippen molar-refractivity contribution in [2.75, 3.05) is 12.4 Å². The monoisotopic (exact) mass is 499 g/mol. The van der Waals surface area contributed by atoms with E-state index in [1.54, 1.807) is 32.2 Å². The zero-order chi connectivity index (χ0) is 24.7. The van der Waals surface area contributed by atoms with E-state index < -0.39 is 11.8 Å². The number of nitrogens with zero attached hydrogens (tertiary/aromatic N) is 1. The minimum atomic E-state index is -0.935. The number of methoxy groups -OCH3 is 1. The van der Waals surface area contributed by atoms with Crippen LogP contribution in [0.25, 0.3) is 0 Å². The second-order valence-corrected chi connectivity index (χ2v) is 8.18. The number of carbonyl (C=O) groups is 2. The third-order valence-corrected chi connectivity index (χ3v) is 5.54. The lowest BCUT2D eigenvalue weighted by atomic mass is 10.1. The van der Waals surface area contributed by atoms with E-state index in [1.165, 1.54) is 23.8 Å². The highest BCUT2D eigenvalue weighted by molar-refractivity contribution is 6.43. The molecule has 0 unspecified atom stereocenters. The molecule has 0 atom stereocenters. The second-order valence-electron chi connectivity index (χ2n) is 7.36. The maximum Gasteiger partial charge on any atom is 0.329 e. The van der Waals surface area contributed by atoms with Crippen molar-refractivity contribution < 1.29 is 19.1 Å². The number of hydrogen-bond donors (Lipinski definition) is 2. The zero-order valence-corrected chi connectivity index (χ0v) is 20.3. The number of hydrogen-bond acceptors (Lipinski definition) is 5. The summed E-state index contributed by atoms with van der Waals surface area (Å²) in [6, 6.07) is 17.8. The highest BCUT2D eigenvalue weighted by Crippen LogP contribution is 2.29. The predicted molar refractivity (Wildman–Crippen MR) is 134 cm³/mol. The summed E-state index contributed by atoms with van der Waals surface area (Å²) >= 11 is 11.8. The fraction of sp³-hybridized carbons (Fsp3) is 0.160. The average Bonchev–Trinajstić information content (AvgIpc) is 2.84. The van der Waals surface area contributed by atoms with Gasteiger partial charge >= 0.3 is 11.8 Å². The Kier molecular flexibility index (Phi) is 8.51. The maximum absolute atomic E-state index is 12.1. The van der Waals surface area contributed by atoms with Gasteiger partial charge in [-0.1, -0.05) is 53.0 Å². The molecule has 0 saturated carbocycles. The molecular formula is C25H23Cl2N3O4. The number of ether oxygens (including phenoxy) is 2. The van der Waals surface area contributed by atoms with Gasteiger partial charge in [-0.15, -0.1) is 0 Å². The van der Waals surface area contributed by atoms with Gasteiger partial charge in [0.1, 0.15) is 6.61 Å². The van der Waals surface area contributed by atoms with Gasteiger partial charge in [0, 0.05) is 11.3 Å². The lowest BCUT2D eigenvalue weighted by Gasteiger charge is -2.12. The SMILES string of the molecule is COc1cc(/C(C)=N/NC(=O)C(=O)Nc2ccc(Cl)c(Cl)c2)ccc1OCc1ccc(C)cc1. The lowest BCUT2D eigenvalue weighted by molar-refractivity contribution is -0.136. The van der Waals surface area contributed by atoms with Gasteiger partial charge in [0.05, 0.1) is 22.9 Å². The van der Waals surface area contributed by atoms with Crippen LogP contribution in [0.15, 0.2) is 65.8 Å². The second kappa shape index (κ2) is 11.5. The van der Waals surface area contributed by atoms with Gasteiger partial charge in [-0.2, -0.15) is 5.10 Å². The minimum absolute atomic E-state index is 0.258. The highest BCUT2D eigenvalue weighted by Gasteiger charge is 2.14. The van der Waals surface area contributed by atoms with Crippen LogP contribution in [0.4, 0.5) is 5.69 Å². The van der Waals surface area contributed by atoms with Crippen LogP contribution in [0.2, 0.25) is 10.0 Å².